The first-order valence-electron chi connectivity index (χ1n) is 4.56. The minimum absolute atomic E-state index is 0.386. The summed E-state index contributed by atoms with van der Waals surface area (Å²) in [5, 5.41) is 7.49. The molecule has 0 aromatic carbocycles. The van der Waals surface area contributed by atoms with Crippen LogP contribution in [0.15, 0.2) is 6.20 Å². The third-order valence-electron chi connectivity index (χ3n) is 2.22. The highest BCUT2D eigenvalue weighted by Crippen LogP contribution is 2.17. The van der Waals surface area contributed by atoms with Gasteiger partial charge in [-0.15, -0.1) is 0 Å². The van der Waals surface area contributed by atoms with Gasteiger partial charge in [0.05, 0.1) is 5.69 Å². The summed E-state index contributed by atoms with van der Waals surface area (Å²) in [6.07, 6.45) is 1.80. The number of nitrogen functional groups attached to an aromatic ring is 1. The Morgan fingerprint density at radius 3 is 2.46 bits per heavy atom. The van der Waals surface area contributed by atoms with Crippen molar-refractivity contribution in [3.8, 4) is 0 Å². The fourth-order valence-electron chi connectivity index (χ4n) is 1.00. The molecule has 0 aliphatic rings. The molecule has 0 amide bonds. The minimum atomic E-state index is 0.386. The van der Waals surface area contributed by atoms with Gasteiger partial charge in [-0.3, -0.25) is 4.68 Å². The molecular formula is C9H18N4. The number of aromatic nitrogens is 2. The molecule has 0 aliphatic heterocycles. The summed E-state index contributed by atoms with van der Waals surface area (Å²) >= 11 is 0. The highest BCUT2D eigenvalue weighted by atomic mass is 15.3. The summed E-state index contributed by atoms with van der Waals surface area (Å²) in [4.78, 5) is 0. The topological polar surface area (TPSA) is 55.9 Å². The predicted octanol–water partition coefficient (Wildman–Crippen LogP) is 1.46. The number of hydrogen-bond donors (Lipinski definition) is 2. The van der Waals surface area contributed by atoms with E-state index in [4.69, 9.17) is 5.73 Å². The van der Waals surface area contributed by atoms with Crippen LogP contribution >= 0.6 is 0 Å². The monoisotopic (exact) mass is 182 g/mol. The number of aryl methyl sites for hydroxylation is 1. The summed E-state index contributed by atoms with van der Waals surface area (Å²) in [6.45, 7) is 6.45. The molecular weight excluding hydrogens is 164 g/mol. The summed E-state index contributed by atoms with van der Waals surface area (Å²) in [7, 11) is 1.86. The van der Waals surface area contributed by atoms with Crippen LogP contribution in [0.2, 0.25) is 0 Å². The fraction of sp³-hybridized carbons (Fsp3) is 0.667. The quantitative estimate of drug-likeness (QED) is 0.744. The highest BCUT2D eigenvalue weighted by molar-refractivity contribution is 5.60. The lowest BCUT2D eigenvalue weighted by Gasteiger charge is -2.17. The van der Waals surface area contributed by atoms with E-state index in [1.807, 2.05) is 7.05 Å². The highest BCUT2D eigenvalue weighted by Gasteiger charge is 2.10. The average molecular weight is 182 g/mol. The number of rotatable bonds is 3. The van der Waals surface area contributed by atoms with Crippen LogP contribution in [0.5, 0.6) is 0 Å². The first-order chi connectivity index (χ1) is 6.00. The Bertz CT molecular complexity index is 277. The van der Waals surface area contributed by atoms with Crippen LogP contribution < -0.4 is 11.1 Å². The number of anilines is 2. The van der Waals surface area contributed by atoms with Crippen LogP contribution in [-0.2, 0) is 7.05 Å². The largest absolute Gasteiger partial charge is 0.394 e. The standard InChI is InChI=1S/C9H18N4/c1-6(2)7(3)11-9-8(10)5-13(4)12-9/h5-7H,10H2,1-4H3,(H,11,12). The van der Waals surface area contributed by atoms with Gasteiger partial charge in [0.25, 0.3) is 0 Å². The van der Waals surface area contributed by atoms with Crippen molar-refractivity contribution >= 4 is 11.5 Å². The van der Waals surface area contributed by atoms with Crippen molar-refractivity contribution in [1.82, 2.24) is 9.78 Å². The molecule has 4 heteroatoms. The van der Waals surface area contributed by atoms with Gasteiger partial charge in [0.15, 0.2) is 5.82 Å². The molecule has 1 heterocycles. The predicted molar refractivity (Wildman–Crippen MR) is 55.5 cm³/mol. The molecule has 0 saturated heterocycles. The van der Waals surface area contributed by atoms with Crippen LogP contribution in [0, 0.1) is 5.92 Å². The zero-order valence-electron chi connectivity index (χ0n) is 8.70. The average Bonchev–Trinajstić information content (AvgIpc) is 2.30. The molecule has 1 aromatic heterocycles. The van der Waals surface area contributed by atoms with E-state index in [1.54, 1.807) is 10.9 Å². The van der Waals surface area contributed by atoms with Gasteiger partial charge < -0.3 is 11.1 Å². The van der Waals surface area contributed by atoms with Crippen molar-refractivity contribution < 1.29 is 0 Å². The van der Waals surface area contributed by atoms with E-state index in [0.29, 0.717) is 17.6 Å². The maximum atomic E-state index is 5.74. The van der Waals surface area contributed by atoms with Crippen LogP contribution in [0.25, 0.3) is 0 Å². The first-order valence-corrected chi connectivity index (χ1v) is 4.56. The van der Waals surface area contributed by atoms with Gasteiger partial charge in [0.2, 0.25) is 0 Å². The number of hydrogen-bond acceptors (Lipinski definition) is 3. The van der Waals surface area contributed by atoms with Crippen LogP contribution in [-0.4, -0.2) is 15.8 Å². The van der Waals surface area contributed by atoms with E-state index in [-0.39, 0.29) is 0 Å². The summed E-state index contributed by atoms with van der Waals surface area (Å²) in [5.41, 5.74) is 6.45. The van der Waals surface area contributed by atoms with Crippen molar-refractivity contribution in [3.63, 3.8) is 0 Å². The second-order valence-corrected chi connectivity index (χ2v) is 3.78. The molecule has 3 N–H and O–H groups in total. The Morgan fingerprint density at radius 1 is 1.46 bits per heavy atom. The smallest absolute Gasteiger partial charge is 0.171 e. The van der Waals surface area contributed by atoms with Crippen molar-refractivity contribution in [2.24, 2.45) is 13.0 Å². The zero-order valence-corrected chi connectivity index (χ0v) is 8.70. The van der Waals surface area contributed by atoms with Crippen LogP contribution in [0.4, 0.5) is 11.5 Å². The Kier molecular flexibility index (Phi) is 2.80. The SMILES string of the molecule is CC(C)C(C)Nc1nn(C)cc1N. The second kappa shape index (κ2) is 3.68. The zero-order chi connectivity index (χ0) is 10.0. The van der Waals surface area contributed by atoms with Gasteiger partial charge in [-0.2, -0.15) is 5.10 Å². The van der Waals surface area contributed by atoms with Crippen molar-refractivity contribution in [2.75, 3.05) is 11.1 Å². The molecule has 1 rings (SSSR count). The van der Waals surface area contributed by atoms with Crippen molar-refractivity contribution in [3.05, 3.63) is 6.20 Å². The Hall–Kier alpha value is -1.19. The molecule has 13 heavy (non-hydrogen) atoms. The molecule has 4 nitrogen and oxygen atoms in total. The Balaban J connectivity index is 2.68. The van der Waals surface area contributed by atoms with Gasteiger partial charge >= 0.3 is 0 Å². The van der Waals surface area contributed by atoms with Gasteiger partial charge in [-0.25, -0.2) is 0 Å². The molecule has 0 fully saturated rings. The van der Waals surface area contributed by atoms with Gasteiger partial charge in [0.1, 0.15) is 0 Å². The van der Waals surface area contributed by atoms with Crippen LogP contribution in [0.3, 0.4) is 0 Å². The summed E-state index contributed by atoms with van der Waals surface area (Å²) in [5.74, 6) is 1.35. The number of nitrogens with zero attached hydrogens (tertiary/aromatic N) is 2. The molecule has 74 valence electrons. The lowest BCUT2D eigenvalue weighted by molar-refractivity contribution is 0.557. The van der Waals surface area contributed by atoms with Crippen molar-refractivity contribution in [1.29, 1.82) is 0 Å². The lowest BCUT2D eigenvalue weighted by Crippen LogP contribution is -2.22. The minimum Gasteiger partial charge on any atom is -0.394 e. The summed E-state index contributed by atoms with van der Waals surface area (Å²) < 4.78 is 1.71. The van der Waals surface area contributed by atoms with E-state index in [9.17, 15) is 0 Å². The lowest BCUT2D eigenvalue weighted by atomic mass is 10.1. The van der Waals surface area contributed by atoms with E-state index >= 15 is 0 Å². The molecule has 1 unspecified atom stereocenters. The Morgan fingerprint density at radius 2 is 2.08 bits per heavy atom. The maximum Gasteiger partial charge on any atom is 0.171 e. The molecule has 1 atom stereocenters. The second-order valence-electron chi connectivity index (χ2n) is 3.78. The van der Waals surface area contributed by atoms with Gasteiger partial charge in [-0.1, -0.05) is 13.8 Å². The first kappa shape index (κ1) is 9.89. The Labute approximate surface area is 79.1 Å². The molecule has 1 aromatic rings. The molecule has 0 radical (unpaired) electrons. The number of nitrogens with one attached hydrogen (secondary N) is 1. The third kappa shape index (κ3) is 2.37. The molecule has 0 bridgehead atoms. The normalized spacial score (nSPS) is 13.3. The van der Waals surface area contributed by atoms with E-state index in [2.05, 4.69) is 31.2 Å². The molecule has 0 saturated carbocycles. The molecule has 0 aliphatic carbocycles. The van der Waals surface area contributed by atoms with E-state index in [1.165, 1.54) is 0 Å². The maximum absolute atomic E-state index is 5.74. The number of nitrogens with two attached hydrogens (primary N) is 1. The summed E-state index contributed by atoms with van der Waals surface area (Å²) in [6, 6.07) is 0.386. The van der Waals surface area contributed by atoms with Crippen molar-refractivity contribution in [2.45, 2.75) is 26.8 Å². The fourth-order valence-corrected chi connectivity index (χ4v) is 1.00. The van der Waals surface area contributed by atoms with E-state index < -0.39 is 0 Å². The van der Waals surface area contributed by atoms with Crippen LogP contribution in [0.1, 0.15) is 20.8 Å². The van der Waals surface area contributed by atoms with E-state index in [0.717, 1.165) is 5.82 Å². The van der Waals surface area contributed by atoms with Gasteiger partial charge in [0, 0.05) is 19.3 Å². The third-order valence-corrected chi connectivity index (χ3v) is 2.22. The van der Waals surface area contributed by atoms with Gasteiger partial charge in [-0.05, 0) is 12.8 Å². The molecule has 0 spiro atoms.